The molecule has 8 heteroatoms. The van der Waals surface area contributed by atoms with Crippen molar-refractivity contribution in [2.45, 2.75) is 27.2 Å². The molecule has 0 unspecified atom stereocenters. The molecule has 2 amide bonds. The number of ether oxygens (including phenoxy) is 1. The van der Waals surface area contributed by atoms with E-state index in [0.717, 1.165) is 30.2 Å². The van der Waals surface area contributed by atoms with Gasteiger partial charge in [0.15, 0.2) is 0 Å². The number of nitrogens with zero attached hydrogens (tertiary/aromatic N) is 5. The zero-order chi connectivity index (χ0) is 23.1. The van der Waals surface area contributed by atoms with E-state index in [2.05, 4.69) is 28.7 Å². The molecule has 2 aromatic rings. The number of aryl methyl sites for hydroxylation is 1. The number of piperazine rings is 1. The molecule has 1 aromatic heterocycles. The molecule has 2 heterocycles. The Morgan fingerprint density at radius 2 is 1.81 bits per heavy atom. The lowest BCUT2D eigenvalue weighted by Gasteiger charge is -2.37. The van der Waals surface area contributed by atoms with Crippen LogP contribution in [0.15, 0.2) is 36.7 Å². The number of aromatic nitrogens is 2. The molecule has 32 heavy (non-hydrogen) atoms. The van der Waals surface area contributed by atoms with Crippen LogP contribution in [0, 0.1) is 12.8 Å². The number of hydrogen-bond donors (Lipinski definition) is 0. The second-order valence-corrected chi connectivity index (χ2v) is 8.48. The number of rotatable bonds is 8. The van der Waals surface area contributed by atoms with Gasteiger partial charge in [-0.2, -0.15) is 0 Å². The summed E-state index contributed by atoms with van der Waals surface area (Å²) in [6.07, 6.45) is 3.39. The van der Waals surface area contributed by atoms with Crippen molar-refractivity contribution < 1.29 is 14.3 Å². The van der Waals surface area contributed by atoms with E-state index in [0.29, 0.717) is 38.3 Å². The number of amides is 2. The van der Waals surface area contributed by atoms with Crippen LogP contribution in [-0.4, -0.2) is 78.0 Å². The number of carbonyl (C=O) groups is 2. The molecular weight excluding hydrogens is 406 g/mol. The average molecular weight is 440 g/mol. The molecule has 8 nitrogen and oxygen atoms in total. The fraction of sp³-hybridized carbons (Fsp3) is 0.500. The Hall–Kier alpha value is -3.16. The normalized spacial score (nSPS) is 13.9. The number of anilines is 1. The summed E-state index contributed by atoms with van der Waals surface area (Å²) in [5, 5.41) is 0. The summed E-state index contributed by atoms with van der Waals surface area (Å²) < 4.78 is 5.47. The van der Waals surface area contributed by atoms with Gasteiger partial charge in [0.2, 0.25) is 5.91 Å². The van der Waals surface area contributed by atoms with Crippen LogP contribution in [0.2, 0.25) is 0 Å². The summed E-state index contributed by atoms with van der Waals surface area (Å²) in [6, 6.07) is 7.94. The van der Waals surface area contributed by atoms with Crippen molar-refractivity contribution in [1.29, 1.82) is 0 Å². The van der Waals surface area contributed by atoms with E-state index in [4.69, 9.17) is 4.74 Å². The Morgan fingerprint density at radius 1 is 1.09 bits per heavy atom. The van der Waals surface area contributed by atoms with Gasteiger partial charge in [-0.25, -0.2) is 4.98 Å². The first-order valence-electron chi connectivity index (χ1n) is 11.1. The zero-order valence-corrected chi connectivity index (χ0v) is 19.5. The lowest BCUT2D eigenvalue weighted by atomic mass is 10.2. The molecule has 0 atom stereocenters. The van der Waals surface area contributed by atoms with E-state index in [1.54, 1.807) is 18.2 Å². The Kier molecular flexibility index (Phi) is 8.03. The van der Waals surface area contributed by atoms with Crippen LogP contribution in [0.4, 0.5) is 5.69 Å². The quantitative estimate of drug-likeness (QED) is 0.629. The molecular formula is C24H33N5O3. The van der Waals surface area contributed by atoms with Crippen molar-refractivity contribution in [2.24, 2.45) is 5.92 Å². The SMILES string of the molecule is COc1ccccc1N1CCN(C(=O)CCN(CC(C)C)C(=O)c2cnc(C)cn2)CC1. The van der Waals surface area contributed by atoms with E-state index in [-0.39, 0.29) is 17.7 Å². The first-order chi connectivity index (χ1) is 15.4. The fourth-order valence-corrected chi connectivity index (χ4v) is 3.86. The Bertz CT molecular complexity index is 908. The Morgan fingerprint density at radius 3 is 2.44 bits per heavy atom. The number of carbonyl (C=O) groups excluding carboxylic acids is 2. The van der Waals surface area contributed by atoms with Gasteiger partial charge in [0.25, 0.3) is 5.91 Å². The molecule has 0 saturated carbocycles. The van der Waals surface area contributed by atoms with Crippen LogP contribution < -0.4 is 9.64 Å². The third-order valence-corrected chi connectivity index (χ3v) is 5.53. The van der Waals surface area contributed by atoms with Gasteiger partial charge in [-0.15, -0.1) is 0 Å². The van der Waals surface area contributed by atoms with Crippen molar-refractivity contribution in [1.82, 2.24) is 19.8 Å². The number of benzene rings is 1. The van der Waals surface area contributed by atoms with Crippen molar-refractivity contribution in [3.8, 4) is 5.75 Å². The van der Waals surface area contributed by atoms with Gasteiger partial charge in [0, 0.05) is 51.9 Å². The molecule has 0 radical (unpaired) electrons. The van der Waals surface area contributed by atoms with Crippen LogP contribution in [0.25, 0.3) is 0 Å². The molecule has 1 fully saturated rings. The highest BCUT2D eigenvalue weighted by Crippen LogP contribution is 2.28. The predicted molar refractivity (Wildman–Crippen MR) is 124 cm³/mol. The second kappa shape index (κ2) is 10.9. The maximum Gasteiger partial charge on any atom is 0.274 e. The second-order valence-electron chi connectivity index (χ2n) is 8.48. The third kappa shape index (κ3) is 5.96. The van der Waals surface area contributed by atoms with Gasteiger partial charge in [0.1, 0.15) is 11.4 Å². The van der Waals surface area contributed by atoms with Gasteiger partial charge < -0.3 is 19.4 Å². The summed E-state index contributed by atoms with van der Waals surface area (Å²) in [5.41, 5.74) is 2.13. The zero-order valence-electron chi connectivity index (χ0n) is 19.5. The first kappa shape index (κ1) is 23.5. The molecule has 1 saturated heterocycles. The van der Waals surface area contributed by atoms with Crippen LogP contribution in [0.5, 0.6) is 5.75 Å². The molecule has 0 spiro atoms. The molecule has 1 aromatic carbocycles. The van der Waals surface area contributed by atoms with Crippen LogP contribution in [0.1, 0.15) is 36.5 Å². The minimum absolute atomic E-state index is 0.0706. The molecule has 0 N–H and O–H groups in total. The van der Waals surface area contributed by atoms with Crippen molar-refractivity contribution in [3.05, 3.63) is 48.0 Å². The minimum Gasteiger partial charge on any atom is -0.495 e. The fourth-order valence-electron chi connectivity index (χ4n) is 3.86. The molecule has 1 aliphatic rings. The molecule has 0 aliphatic carbocycles. The largest absolute Gasteiger partial charge is 0.495 e. The van der Waals surface area contributed by atoms with Gasteiger partial charge >= 0.3 is 0 Å². The van der Waals surface area contributed by atoms with Crippen molar-refractivity contribution >= 4 is 17.5 Å². The Labute approximate surface area is 190 Å². The lowest BCUT2D eigenvalue weighted by Crippen LogP contribution is -2.49. The van der Waals surface area contributed by atoms with Crippen LogP contribution >= 0.6 is 0 Å². The van der Waals surface area contributed by atoms with E-state index < -0.39 is 0 Å². The maximum atomic E-state index is 12.9. The van der Waals surface area contributed by atoms with Crippen LogP contribution in [-0.2, 0) is 4.79 Å². The van der Waals surface area contributed by atoms with Gasteiger partial charge in [-0.3, -0.25) is 14.6 Å². The van der Waals surface area contributed by atoms with Gasteiger partial charge in [-0.05, 0) is 25.0 Å². The van der Waals surface area contributed by atoms with Crippen LogP contribution in [0.3, 0.4) is 0 Å². The topological polar surface area (TPSA) is 78.9 Å². The molecule has 1 aliphatic heterocycles. The molecule has 172 valence electrons. The number of hydrogen-bond acceptors (Lipinski definition) is 6. The van der Waals surface area contributed by atoms with E-state index in [1.165, 1.54) is 6.20 Å². The molecule has 0 bridgehead atoms. The monoisotopic (exact) mass is 439 g/mol. The van der Waals surface area contributed by atoms with E-state index in [1.807, 2.05) is 36.1 Å². The standard InChI is InChI=1S/C24H33N5O3/c1-18(2)17-29(24(31)20-16-25-19(3)15-26-20)10-9-23(30)28-13-11-27(12-14-28)21-7-5-6-8-22(21)32-4/h5-8,15-16,18H,9-14,17H2,1-4H3. The summed E-state index contributed by atoms with van der Waals surface area (Å²) >= 11 is 0. The third-order valence-electron chi connectivity index (χ3n) is 5.53. The maximum absolute atomic E-state index is 12.9. The smallest absolute Gasteiger partial charge is 0.274 e. The van der Waals surface area contributed by atoms with E-state index >= 15 is 0 Å². The summed E-state index contributed by atoms with van der Waals surface area (Å²) in [4.78, 5) is 40.0. The number of para-hydroxylation sites is 2. The summed E-state index contributed by atoms with van der Waals surface area (Å²) in [7, 11) is 1.67. The highest BCUT2D eigenvalue weighted by atomic mass is 16.5. The Balaban J connectivity index is 1.56. The highest BCUT2D eigenvalue weighted by molar-refractivity contribution is 5.92. The van der Waals surface area contributed by atoms with Crippen molar-refractivity contribution in [3.63, 3.8) is 0 Å². The minimum atomic E-state index is -0.181. The summed E-state index contributed by atoms with van der Waals surface area (Å²) in [5.74, 6) is 1.02. The number of methoxy groups -OCH3 is 1. The average Bonchev–Trinajstić information content (AvgIpc) is 2.81. The lowest BCUT2D eigenvalue weighted by molar-refractivity contribution is -0.131. The van der Waals surface area contributed by atoms with E-state index in [9.17, 15) is 9.59 Å². The molecule has 3 rings (SSSR count). The van der Waals surface area contributed by atoms with Crippen molar-refractivity contribution in [2.75, 3.05) is 51.3 Å². The van der Waals surface area contributed by atoms with Gasteiger partial charge in [0.05, 0.1) is 24.7 Å². The highest BCUT2D eigenvalue weighted by Gasteiger charge is 2.25. The predicted octanol–water partition coefficient (Wildman–Crippen LogP) is 2.63. The first-order valence-corrected chi connectivity index (χ1v) is 11.1. The van der Waals surface area contributed by atoms with Gasteiger partial charge in [-0.1, -0.05) is 26.0 Å². The summed E-state index contributed by atoms with van der Waals surface area (Å²) in [6.45, 7) is 9.69.